The Morgan fingerprint density at radius 3 is 2.68 bits per heavy atom. The van der Waals surface area contributed by atoms with Gasteiger partial charge in [-0.15, -0.1) is 0 Å². The molecule has 0 aliphatic heterocycles. The van der Waals surface area contributed by atoms with Gasteiger partial charge < -0.3 is 15.0 Å². The first-order chi connectivity index (χ1) is 9.06. The van der Waals surface area contributed by atoms with Crippen molar-refractivity contribution in [2.45, 2.75) is 64.0 Å². The van der Waals surface area contributed by atoms with Crippen molar-refractivity contribution in [2.24, 2.45) is 5.92 Å². The summed E-state index contributed by atoms with van der Waals surface area (Å²) in [5, 5.41) is 3.76. The Hall–Kier alpha value is -0.120. The Kier molecular flexibility index (Phi) is 7.33. The largest absolute Gasteiger partial charge is 0.385 e. The van der Waals surface area contributed by atoms with Gasteiger partial charge in [0.1, 0.15) is 0 Å². The van der Waals surface area contributed by atoms with Crippen LogP contribution in [0.4, 0.5) is 0 Å². The van der Waals surface area contributed by atoms with E-state index < -0.39 is 0 Å². The maximum Gasteiger partial charge on any atom is 0.0462 e. The standard InChI is InChI=1S/C16H34N2O/c1-6-17-15(10-8-12-19-5)16(18(3)4)11-7-9-14(2)13-16/h14-15,17H,6-13H2,1-5H3. The molecule has 1 saturated carbocycles. The molecule has 3 heteroatoms. The first kappa shape index (κ1) is 16.9. The second-order valence-corrected chi connectivity index (χ2v) is 6.44. The van der Waals surface area contributed by atoms with Crippen molar-refractivity contribution < 1.29 is 4.74 Å². The number of ether oxygens (including phenoxy) is 1. The number of nitrogens with one attached hydrogen (secondary N) is 1. The fraction of sp³-hybridized carbons (Fsp3) is 1.00. The second-order valence-electron chi connectivity index (χ2n) is 6.44. The van der Waals surface area contributed by atoms with E-state index in [2.05, 4.69) is 38.2 Å². The van der Waals surface area contributed by atoms with Crippen molar-refractivity contribution in [1.82, 2.24) is 10.2 Å². The van der Waals surface area contributed by atoms with Gasteiger partial charge in [-0.25, -0.2) is 0 Å². The molecule has 1 N–H and O–H groups in total. The monoisotopic (exact) mass is 270 g/mol. The van der Waals surface area contributed by atoms with Gasteiger partial charge in [0, 0.05) is 25.3 Å². The third-order valence-corrected chi connectivity index (χ3v) is 4.84. The Morgan fingerprint density at radius 2 is 2.16 bits per heavy atom. The van der Waals surface area contributed by atoms with Gasteiger partial charge in [-0.05, 0) is 52.2 Å². The van der Waals surface area contributed by atoms with Crippen molar-refractivity contribution in [1.29, 1.82) is 0 Å². The van der Waals surface area contributed by atoms with Crippen LogP contribution in [0.3, 0.4) is 0 Å². The van der Waals surface area contributed by atoms with Crippen LogP contribution in [0.15, 0.2) is 0 Å². The third-order valence-electron chi connectivity index (χ3n) is 4.84. The SMILES string of the molecule is CCNC(CCCOC)C1(N(C)C)CCCC(C)C1. The molecule has 19 heavy (non-hydrogen) atoms. The molecule has 0 aromatic rings. The predicted molar refractivity (Wildman–Crippen MR) is 82.6 cm³/mol. The Labute approximate surface area is 120 Å². The number of rotatable bonds is 8. The van der Waals surface area contributed by atoms with Crippen LogP contribution in [0.1, 0.15) is 52.4 Å². The number of likely N-dealkylation sites (N-methyl/N-ethyl adjacent to an activating group) is 2. The average Bonchev–Trinajstić information content (AvgIpc) is 2.37. The van der Waals surface area contributed by atoms with Gasteiger partial charge in [0.2, 0.25) is 0 Å². The number of methoxy groups -OCH3 is 1. The van der Waals surface area contributed by atoms with E-state index >= 15 is 0 Å². The quantitative estimate of drug-likeness (QED) is 0.686. The van der Waals surface area contributed by atoms with Crippen LogP contribution < -0.4 is 5.32 Å². The van der Waals surface area contributed by atoms with E-state index in [0.717, 1.165) is 25.5 Å². The molecule has 0 amide bonds. The van der Waals surface area contributed by atoms with Crippen LogP contribution in [0, 0.1) is 5.92 Å². The molecule has 0 radical (unpaired) electrons. The van der Waals surface area contributed by atoms with Crippen LogP contribution in [0.25, 0.3) is 0 Å². The lowest BCUT2D eigenvalue weighted by Crippen LogP contribution is -2.61. The Bertz CT molecular complexity index is 245. The first-order valence-corrected chi connectivity index (χ1v) is 7.96. The van der Waals surface area contributed by atoms with Crippen LogP contribution in [-0.4, -0.2) is 50.8 Å². The highest BCUT2D eigenvalue weighted by atomic mass is 16.5. The van der Waals surface area contributed by atoms with Gasteiger partial charge in [0.05, 0.1) is 0 Å². The van der Waals surface area contributed by atoms with Gasteiger partial charge in [-0.1, -0.05) is 26.7 Å². The van der Waals surface area contributed by atoms with E-state index in [-0.39, 0.29) is 0 Å². The van der Waals surface area contributed by atoms with Gasteiger partial charge in [-0.3, -0.25) is 0 Å². The van der Waals surface area contributed by atoms with Crippen LogP contribution in [-0.2, 0) is 4.74 Å². The van der Waals surface area contributed by atoms with E-state index in [1.165, 1.54) is 32.1 Å². The predicted octanol–water partition coefficient (Wildman–Crippen LogP) is 2.90. The number of hydrogen-bond donors (Lipinski definition) is 1. The lowest BCUT2D eigenvalue weighted by molar-refractivity contribution is 0.0316. The zero-order valence-corrected chi connectivity index (χ0v) is 13.7. The van der Waals surface area contributed by atoms with Gasteiger partial charge >= 0.3 is 0 Å². The first-order valence-electron chi connectivity index (χ1n) is 7.96. The van der Waals surface area contributed by atoms with Crippen LogP contribution in [0.5, 0.6) is 0 Å². The molecule has 1 fully saturated rings. The van der Waals surface area contributed by atoms with Crippen molar-refractivity contribution in [3.05, 3.63) is 0 Å². The molecule has 1 rings (SSSR count). The van der Waals surface area contributed by atoms with Gasteiger partial charge in [-0.2, -0.15) is 0 Å². The van der Waals surface area contributed by atoms with E-state index in [1.807, 2.05) is 0 Å². The lowest BCUT2D eigenvalue weighted by Gasteiger charge is -2.50. The number of hydrogen-bond acceptors (Lipinski definition) is 3. The normalized spacial score (nSPS) is 29.7. The molecular weight excluding hydrogens is 236 g/mol. The summed E-state index contributed by atoms with van der Waals surface area (Å²) in [6.45, 7) is 6.57. The zero-order chi connectivity index (χ0) is 14.3. The molecule has 0 bridgehead atoms. The summed E-state index contributed by atoms with van der Waals surface area (Å²) in [6.07, 6.45) is 7.78. The second kappa shape index (κ2) is 8.23. The van der Waals surface area contributed by atoms with E-state index in [9.17, 15) is 0 Å². The fourth-order valence-corrected chi connectivity index (χ4v) is 3.84. The summed E-state index contributed by atoms with van der Waals surface area (Å²) in [5.74, 6) is 0.847. The summed E-state index contributed by atoms with van der Waals surface area (Å²) in [5.41, 5.74) is 0.335. The van der Waals surface area contributed by atoms with Crippen LogP contribution in [0.2, 0.25) is 0 Å². The Balaban J connectivity index is 2.78. The summed E-state index contributed by atoms with van der Waals surface area (Å²) in [4.78, 5) is 2.49. The average molecular weight is 270 g/mol. The molecule has 0 aromatic heterocycles. The van der Waals surface area contributed by atoms with E-state index in [1.54, 1.807) is 7.11 Å². The van der Waals surface area contributed by atoms with Crippen molar-refractivity contribution in [2.75, 3.05) is 34.4 Å². The zero-order valence-electron chi connectivity index (χ0n) is 13.7. The molecule has 1 aliphatic rings. The van der Waals surface area contributed by atoms with E-state index in [4.69, 9.17) is 4.74 Å². The summed E-state index contributed by atoms with van der Waals surface area (Å²) in [7, 11) is 6.32. The highest BCUT2D eigenvalue weighted by Gasteiger charge is 2.42. The molecule has 0 spiro atoms. The van der Waals surface area contributed by atoms with Crippen molar-refractivity contribution in [3.63, 3.8) is 0 Å². The molecule has 3 unspecified atom stereocenters. The summed E-state index contributed by atoms with van der Waals surface area (Å²) >= 11 is 0. The topological polar surface area (TPSA) is 24.5 Å². The molecule has 3 nitrogen and oxygen atoms in total. The third kappa shape index (κ3) is 4.44. The number of nitrogens with zero attached hydrogens (tertiary/aromatic N) is 1. The Morgan fingerprint density at radius 1 is 1.42 bits per heavy atom. The molecule has 3 atom stereocenters. The van der Waals surface area contributed by atoms with Gasteiger partial charge in [0.25, 0.3) is 0 Å². The maximum absolute atomic E-state index is 5.23. The minimum absolute atomic E-state index is 0.335. The maximum atomic E-state index is 5.23. The highest BCUT2D eigenvalue weighted by Crippen LogP contribution is 2.39. The molecule has 114 valence electrons. The minimum Gasteiger partial charge on any atom is -0.385 e. The van der Waals surface area contributed by atoms with E-state index in [0.29, 0.717) is 11.6 Å². The highest BCUT2D eigenvalue weighted by molar-refractivity contribution is 5.01. The molecule has 0 saturated heterocycles. The lowest BCUT2D eigenvalue weighted by atomic mass is 9.70. The minimum atomic E-state index is 0.335. The summed E-state index contributed by atoms with van der Waals surface area (Å²) < 4.78 is 5.23. The molecule has 0 aromatic carbocycles. The fourth-order valence-electron chi connectivity index (χ4n) is 3.84. The smallest absolute Gasteiger partial charge is 0.0462 e. The summed E-state index contributed by atoms with van der Waals surface area (Å²) in [6, 6.07) is 0.588. The van der Waals surface area contributed by atoms with Crippen LogP contribution >= 0.6 is 0 Å². The van der Waals surface area contributed by atoms with Gasteiger partial charge in [0.15, 0.2) is 0 Å². The molecule has 0 heterocycles. The van der Waals surface area contributed by atoms with Crippen molar-refractivity contribution >= 4 is 0 Å². The van der Waals surface area contributed by atoms with Crippen molar-refractivity contribution in [3.8, 4) is 0 Å². The molecular formula is C16H34N2O. The molecule has 1 aliphatic carbocycles.